The Hall–Kier alpha value is -1.43. The Morgan fingerprint density at radius 3 is 2.63 bits per heavy atom. The van der Waals surface area contributed by atoms with Gasteiger partial charge in [0, 0.05) is 13.0 Å². The first-order valence-electron chi connectivity index (χ1n) is 11.8. The van der Waals surface area contributed by atoms with E-state index in [1.165, 1.54) is 0 Å². The molecule has 5 nitrogen and oxygen atoms in total. The Balaban J connectivity index is 1.68. The third kappa shape index (κ3) is 8.75. The molecule has 2 rings (SSSR count). The Kier molecular flexibility index (Phi) is 11.4. The summed E-state index contributed by atoms with van der Waals surface area (Å²) in [5.74, 6) is 0.690. The van der Waals surface area contributed by atoms with Crippen molar-refractivity contribution in [2.45, 2.75) is 89.4 Å². The number of aliphatic hydroxyl groups is 3. The lowest BCUT2D eigenvalue weighted by molar-refractivity contribution is -0.121. The molecule has 6 atom stereocenters. The van der Waals surface area contributed by atoms with Gasteiger partial charge in [0.15, 0.2) is 0 Å². The SMILES string of the molecule is CCNC(=O)CCC/C=C\C[C@@H]1[C@@H](CC[C@@H](O)CCC2C=CC=CC2)[C@H](O)C[C@@H]1O. The molecule has 1 fully saturated rings. The van der Waals surface area contributed by atoms with Crippen molar-refractivity contribution in [3.63, 3.8) is 0 Å². The number of nitrogens with one attached hydrogen (secondary N) is 1. The average molecular weight is 420 g/mol. The summed E-state index contributed by atoms with van der Waals surface area (Å²) in [6.45, 7) is 2.59. The summed E-state index contributed by atoms with van der Waals surface area (Å²) >= 11 is 0. The molecular weight excluding hydrogens is 378 g/mol. The highest BCUT2D eigenvalue weighted by Crippen LogP contribution is 2.38. The molecule has 0 aliphatic heterocycles. The number of aliphatic hydroxyl groups excluding tert-OH is 3. The van der Waals surface area contributed by atoms with E-state index >= 15 is 0 Å². The van der Waals surface area contributed by atoms with Crippen LogP contribution in [0.1, 0.15) is 71.1 Å². The summed E-state index contributed by atoms with van der Waals surface area (Å²) in [7, 11) is 0. The van der Waals surface area contributed by atoms with E-state index in [1.54, 1.807) is 0 Å². The number of amides is 1. The Labute approximate surface area is 182 Å². The molecule has 0 aromatic rings. The van der Waals surface area contributed by atoms with Gasteiger partial charge in [-0.3, -0.25) is 4.79 Å². The van der Waals surface area contributed by atoms with E-state index in [-0.39, 0.29) is 23.8 Å². The van der Waals surface area contributed by atoms with Gasteiger partial charge >= 0.3 is 0 Å². The summed E-state index contributed by atoms with van der Waals surface area (Å²) in [5.41, 5.74) is 0. The number of rotatable bonds is 13. The zero-order valence-electron chi connectivity index (χ0n) is 18.5. The van der Waals surface area contributed by atoms with Crippen molar-refractivity contribution in [1.82, 2.24) is 5.32 Å². The smallest absolute Gasteiger partial charge is 0.219 e. The third-order valence-corrected chi connectivity index (χ3v) is 6.52. The van der Waals surface area contributed by atoms with Crippen LogP contribution in [-0.4, -0.2) is 46.1 Å². The van der Waals surface area contributed by atoms with Crippen molar-refractivity contribution >= 4 is 5.91 Å². The van der Waals surface area contributed by atoms with E-state index in [1.807, 2.05) is 6.92 Å². The lowest BCUT2D eigenvalue weighted by Gasteiger charge is -2.24. The van der Waals surface area contributed by atoms with Crippen LogP contribution < -0.4 is 5.32 Å². The van der Waals surface area contributed by atoms with Crippen LogP contribution in [0, 0.1) is 17.8 Å². The van der Waals surface area contributed by atoms with Gasteiger partial charge in [0.2, 0.25) is 5.91 Å². The number of hydrogen-bond acceptors (Lipinski definition) is 4. The van der Waals surface area contributed by atoms with Gasteiger partial charge in [0.25, 0.3) is 0 Å². The summed E-state index contributed by atoms with van der Waals surface area (Å²) in [6, 6.07) is 0. The van der Waals surface area contributed by atoms with Gasteiger partial charge in [0.1, 0.15) is 0 Å². The summed E-state index contributed by atoms with van der Waals surface area (Å²) in [6.07, 6.45) is 19.0. The molecule has 4 N–H and O–H groups in total. The molecule has 0 aromatic carbocycles. The quantitative estimate of drug-likeness (QED) is 0.271. The van der Waals surface area contributed by atoms with Gasteiger partial charge in [-0.2, -0.15) is 0 Å². The number of carbonyl (C=O) groups is 1. The number of carbonyl (C=O) groups excluding carboxylic acids is 1. The minimum absolute atomic E-state index is 0.0344. The van der Waals surface area contributed by atoms with Crippen LogP contribution in [0.25, 0.3) is 0 Å². The summed E-state index contributed by atoms with van der Waals surface area (Å²) in [4.78, 5) is 11.4. The van der Waals surface area contributed by atoms with Gasteiger partial charge in [0.05, 0.1) is 18.3 Å². The molecule has 2 aliphatic carbocycles. The average Bonchev–Trinajstić information content (AvgIpc) is 3.00. The molecule has 0 aromatic heterocycles. The summed E-state index contributed by atoms with van der Waals surface area (Å²) < 4.78 is 0. The zero-order chi connectivity index (χ0) is 21.8. The second-order valence-electron chi connectivity index (χ2n) is 8.87. The fraction of sp³-hybridized carbons (Fsp3) is 0.720. The van der Waals surface area contributed by atoms with Crippen LogP contribution in [0.15, 0.2) is 36.5 Å². The highest BCUT2D eigenvalue weighted by Gasteiger charge is 2.40. The lowest BCUT2D eigenvalue weighted by Crippen LogP contribution is -2.23. The van der Waals surface area contributed by atoms with Crippen molar-refractivity contribution < 1.29 is 20.1 Å². The Bertz CT molecular complexity index is 586. The molecule has 2 aliphatic rings. The van der Waals surface area contributed by atoms with Crippen LogP contribution >= 0.6 is 0 Å². The monoisotopic (exact) mass is 419 g/mol. The van der Waals surface area contributed by atoms with Crippen molar-refractivity contribution in [3.05, 3.63) is 36.5 Å². The molecule has 0 bridgehead atoms. The van der Waals surface area contributed by atoms with Gasteiger partial charge in [-0.15, -0.1) is 0 Å². The molecule has 0 spiro atoms. The molecule has 0 saturated heterocycles. The van der Waals surface area contributed by atoms with Gasteiger partial charge in [-0.05, 0) is 82.5 Å². The van der Waals surface area contributed by atoms with Gasteiger partial charge < -0.3 is 20.6 Å². The minimum atomic E-state index is -0.491. The predicted octanol–water partition coefficient (Wildman–Crippen LogP) is 3.65. The van der Waals surface area contributed by atoms with Gasteiger partial charge in [-0.25, -0.2) is 0 Å². The van der Waals surface area contributed by atoms with Crippen LogP contribution in [-0.2, 0) is 4.79 Å². The van der Waals surface area contributed by atoms with Crippen molar-refractivity contribution in [3.8, 4) is 0 Å². The van der Waals surface area contributed by atoms with Crippen LogP contribution in [0.4, 0.5) is 0 Å². The van der Waals surface area contributed by atoms with Crippen LogP contribution in [0.5, 0.6) is 0 Å². The van der Waals surface area contributed by atoms with E-state index < -0.39 is 12.2 Å². The largest absolute Gasteiger partial charge is 0.393 e. The number of hydrogen-bond donors (Lipinski definition) is 4. The Morgan fingerprint density at radius 2 is 1.90 bits per heavy atom. The predicted molar refractivity (Wildman–Crippen MR) is 121 cm³/mol. The fourth-order valence-electron chi connectivity index (χ4n) is 4.72. The first-order chi connectivity index (χ1) is 14.5. The first kappa shape index (κ1) is 24.8. The number of unbranched alkanes of at least 4 members (excludes halogenated alkanes) is 1. The molecule has 1 amide bonds. The standard InChI is InChI=1S/C25H41NO4/c1-2-26-25(30)13-9-4-3-8-12-21-22(24(29)18-23(21)28)17-16-20(27)15-14-19-10-6-5-7-11-19/h3,5-8,10,19-24,27-29H,2,4,9,11-18H2,1H3,(H,26,30)/b8-3-/t19?,20-,21+,22+,23-,24+/m0/s1. The van der Waals surface area contributed by atoms with E-state index in [0.717, 1.165) is 44.9 Å². The zero-order valence-corrected chi connectivity index (χ0v) is 18.5. The van der Waals surface area contributed by atoms with E-state index in [9.17, 15) is 20.1 Å². The van der Waals surface area contributed by atoms with Crippen molar-refractivity contribution in [2.75, 3.05) is 6.54 Å². The Morgan fingerprint density at radius 1 is 1.13 bits per heavy atom. The minimum Gasteiger partial charge on any atom is -0.393 e. The molecule has 0 radical (unpaired) electrons. The first-order valence-corrected chi connectivity index (χ1v) is 11.8. The fourth-order valence-corrected chi connectivity index (χ4v) is 4.72. The normalized spacial score (nSPS) is 29.5. The maximum absolute atomic E-state index is 11.4. The topological polar surface area (TPSA) is 89.8 Å². The van der Waals surface area contributed by atoms with Crippen molar-refractivity contribution in [2.24, 2.45) is 17.8 Å². The highest BCUT2D eigenvalue weighted by atomic mass is 16.3. The molecule has 1 unspecified atom stereocenters. The molecule has 0 heterocycles. The molecule has 30 heavy (non-hydrogen) atoms. The van der Waals surface area contributed by atoms with E-state index in [0.29, 0.717) is 31.7 Å². The van der Waals surface area contributed by atoms with Crippen LogP contribution in [0.3, 0.4) is 0 Å². The van der Waals surface area contributed by atoms with Crippen molar-refractivity contribution in [1.29, 1.82) is 0 Å². The summed E-state index contributed by atoms with van der Waals surface area (Å²) in [5, 5.41) is 34.0. The van der Waals surface area contributed by atoms with E-state index in [4.69, 9.17) is 0 Å². The molecule has 1 saturated carbocycles. The highest BCUT2D eigenvalue weighted by molar-refractivity contribution is 5.75. The lowest BCUT2D eigenvalue weighted by atomic mass is 9.85. The maximum Gasteiger partial charge on any atom is 0.219 e. The molecular formula is C25H41NO4. The molecule has 170 valence electrons. The third-order valence-electron chi connectivity index (χ3n) is 6.52. The second kappa shape index (κ2) is 13.8. The van der Waals surface area contributed by atoms with Gasteiger partial charge in [-0.1, -0.05) is 36.5 Å². The maximum atomic E-state index is 11.4. The molecule has 5 heteroatoms. The number of allylic oxidation sites excluding steroid dienone is 6. The van der Waals surface area contributed by atoms with E-state index in [2.05, 4.69) is 41.8 Å². The van der Waals surface area contributed by atoms with Crippen LogP contribution in [0.2, 0.25) is 0 Å². The second-order valence-corrected chi connectivity index (χ2v) is 8.87.